The van der Waals surface area contributed by atoms with Gasteiger partial charge in [-0.05, 0) is 42.8 Å². The van der Waals surface area contributed by atoms with Gasteiger partial charge < -0.3 is 10.2 Å². The minimum Gasteiger partial charge on any atom is -0.468 e. The summed E-state index contributed by atoms with van der Waals surface area (Å²) in [5.74, 6) is 0.974. The second-order valence-electron chi connectivity index (χ2n) is 5.21. The summed E-state index contributed by atoms with van der Waals surface area (Å²) in [6.07, 6.45) is 2.66. The smallest absolute Gasteiger partial charge is 0.117 e. The standard InChI is InChI=1S/C17H23BrN2O/c1-3-16(19)17(13-7-9-14(18)10-8-13)20(4-2)12-15-6-5-11-21-15/h5-11,16-17H,3-4,12,19H2,1-2H3. The first-order valence-corrected chi connectivity index (χ1v) is 8.22. The van der Waals surface area contributed by atoms with Crippen molar-refractivity contribution in [1.29, 1.82) is 0 Å². The Bertz CT molecular complexity index is 524. The minimum atomic E-state index is 0.0982. The molecule has 0 fully saturated rings. The molecule has 1 aromatic heterocycles. The SMILES string of the molecule is CCC(N)C(c1ccc(Br)cc1)N(CC)Cc1ccco1. The highest BCUT2D eigenvalue weighted by Crippen LogP contribution is 2.28. The zero-order valence-corrected chi connectivity index (χ0v) is 14.2. The highest BCUT2D eigenvalue weighted by atomic mass is 79.9. The number of likely N-dealkylation sites (N-methyl/N-ethyl adjacent to an activating group) is 1. The van der Waals surface area contributed by atoms with Crippen molar-refractivity contribution in [3.8, 4) is 0 Å². The van der Waals surface area contributed by atoms with Gasteiger partial charge in [-0.15, -0.1) is 0 Å². The van der Waals surface area contributed by atoms with Gasteiger partial charge in [-0.25, -0.2) is 0 Å². The summed E-state index contributed by atoms with van der Waals surface area (Å²) in [5, 5.41) is 0. The number of nitrogens with zero attached hydrogens (tertiary/aromatic N) is 1. The summed E-state index contributed by atoms with van der Waals surface area (Å²) < 4.78 is 6.58. The average Bonchev–Trinajstić information content (AvgIpc) is 3.01. The summed E-state index contributed by atoms with van der Waals surface area (Å²) in [6, 6.07) is 12.7. The van der Waals surface area contributed by atoms with Crippen LogP contribution in [0.5, 0.6) is 0 Å². The van der Waals surface area contributed by atoms with Crippen molar-refractivity contribution in [2.75, 3.05) is 6.54 Å². The average molecular weight is 351 g/mol. The first-order valence-electron chi connectivity index (χ1n) is 7.43. The molecule has 0 radical (unpaired) electrons. The molecule has 3 nitrogen and oxygen atoms in total. The van der Waals surface area contributed by atoms with Crippen LogP contribution in [0.2, 0.25) is 0 Å². The Balaban J connectivity index is 2.26. The molecule has 114 valence electrons. The molecule has 0 spiro atoms. The van der Waals surface area contributed by atoms with Gasteiger partial charge in [-0.1, -0.05) is 41.9 Å². The van der Waals surface area contributed by atoms with Crippen LogP contribution in [-0.2, 0) is 6.54 Å². The van der Waals surface area contributed by atoms with E-state index >= 15 is 0 Å². The molecule has 0 saturated heterocycles. The van der Waals surface area contributed by atoms with Crippen LogP contribution in [0.4, 0.5) is 0 Å². The molecule has 2 N–H and O–H groups in total. The second kappa shape index (κ2) is 7.78. The highest BCUT2D eigenvalue weighted by molar-refractivity contribution is 9.10. The van der Waals surface area contributed by atoms with E-state index < -0.39 is 0 Å². The Morgan fingerprint density at radius 1 is 1.19 bits per heavy atom. The van der Waals surface area contributed by atoms with E-state index in [2.05, 4.69) is 58.9 Å². The van der Waals surface area contributed by atoms with Gasteiger partial charge in [0.25, 0.3) is 0 Å². The van der Waals surface area contributed by atoms with Crippen LogP contribution < -0.4 is 5.73 Å². The Morgan fingerprint density at radius 2 is 1.90 bits per heavy atom. The van der Waals surface area contributed by atoms with Gasteiger partial charge >= 0.3 is 0 Å². The van der Waals surface area contributed by atoms with Gasteiger partial charge in [0, 0.05) is 10.5 Å². The van der Waals surface area contributed by atoms with Crippen LogP contribution in [0.25, 0.3) is 0 Å². The summed E-state index contributed by atoms with van der Waals surface area (Å²) >= 11 is 3.49. The largest absolute Gasteiger partial charge is 0.468 e. The lowest BCUT2D eigenvalue weighted by Gasteiger charge is -2.34. The number of furan rings is 1. The number of halogens is 1. The third-order valence-electron chi connectivity index (χ3n) is 3.83. The molecular weight excluding hydrogens is 328 g/mol. The van der Waals surface area contributed by atoms with Crippen molar-refractivity contribution in [3.63, 3.8) is 0 Å². The molecule has 0 aliphatic rings. The summed E-state index contributed by atoms with van der Waals surface area (Å²) in [6.45, 7) is 6.00. The number of benzene rings is 1. The van der Waals surface area contributed by atoms with Gasteiger partial charge in [0.15, 0.2) is 0 Å². The van der Waals surface area contributed by atoms with Gasteiger partial charge in [0.05, 0.1) is 18.8 Å². The predicted octanol–water partition coefficient (Wildman–Crippen LogP) is 4.34. The molecule has 0 saturated carbocycles. The van der Waals surface area contributed by atoms with E-state index in [0.29, 0.717) is 0 Å². The third-order valence-corrected chi connectivity index (χ3v) is 4.36. The van der Waals surface area contributed by atoms with Gasteiger partial charge in [-0.3, -0.25) is 4.90 Å². The van der Waals surface area contributed by atoms with Crippen molar-refractivity contribution in [2.24, 2.45) is 5.73 Å². The van der Waals surface area contributed by atoms with Crippen molar-refractivity contribution in [3.05, 3.63) is 58.5 Å². The molecule has 21 heavy (non-hydrogen) atoms. The van der Waals surface area contributed by atoms with Crippen molar-refractivity contribution in [1.82, 2.24) is 4.90 Å². The molecule has 2 rings (SSSR count). The normalized spacial score (nSPS) is 14.3. The Morgan fingerprint density at radius 3 is 2.43 bits per heavy atom. The number of hydrogen-bond acceptors (Lipinski definition) is 3. The van der Waals surface area contributed by atoms with Gasteiger partial charge in [0.1, 0.15) is 5.76 Å². The van der Waals surface area contributed by atoms with Crippen LogP contribution >= 0.6 is 15.9 Å². The number of nitrogens with two attached hydrogens (primary N) is 1. The lowest BCUT2D eigenvalue weighted by molar-refractivity contribution is 0.157. The van der Waals surface area contributed by atoms with E-state index in [1.54, 1.807) is 6.26 Å². The van der Waals surface area contributed by atoms with E-state index in [4.69, 9.17) is 10.2 Å². The van der Waals surface area contributed by atoms with E-state index in [9.17, 15) is 0 Å². The Hall–Kier alpha value is -1.10. The molecule has 0 aliphatic carbocycles. The second-order valence-corrected chi connectivity index (χ2v) is 6.13. The first-order chi connectivity index (χ1) is 10.2. The summed E-state index contributed by atoms with van der Waals surface area (Å²) in [5.41, 5.74) is 7.66. The van der Waals surface area contributed by atoms with Crippen LogP contribution in [0, 0.1) is 0 Å². The topological polar surface area (TPSA) is 42.4 Å². The number of hydrogen-bond donors (Lipinski definition) is 1. The molecule has 4 heteroatoms. The molecule has 1 heterocycles. The van der Waals surface area contributed by atoms with Gasteiger partial charge in [0.2, 0.25) is 0 Å². The fourth-order valence-electron chi connectivity index (χ4n) is 2.62. The maximum atomic E-state index is 6.41. The molecule has 0 aliphatic heterocycles. The van der Waals surface area contributed by atoms with Crippen molar-refractivity contribution < 1.29 is 4.42 Å². The van der Waals surface area contributed by atoms with Crippen LogP contribution in [-0.4, -0.2) is 17.5 Å². The van der Waals surface area contributed by atoms with E-state index in [1.807, 2.05) is 12.1 Å². The van der Waals surface area contributed by atoms with E-state index in [0.717, 1.165) is 29.7 Å². The lowest BCUT2D eigenvalue weighted by atomic mass is 9.96. The molecule has 1 aromatic carbocycles. The van der Waals surface area contributed by atoms with Crippen molar-refractivity contribution >= 4 is 15.9 Å². The summed E-state index contributed by atoms with van der Waals surface area (Å²) in [4.78, 5) is 2.37. The maximum absolute atomic E-state index is 6.41. The lowest BCUT2D eigenvalue weighted by Crippen LogP contribution is -2.40. The van der Waals surface area contributed by atoms with E-state index in [-0.39, 0.29) is 12.1 Å². The van der Waals surface area contributed by atoms with E-state index in [1.165, 1.54) is 5.56 Å². The number of rotatable bonds is 7. The van der Waals surface area contributed by atoms with Crippen LogP contribution in [0.1, 0.15) is 37.6 Å². The fourth-order valence-corrected chi connectivity index (χ4v) is 2.89. The highest BCUT2D eigenvalue weighted by Gasteiger charge is 2.25. The Kier molecular flexibility index (Phi) is 6.03. The quantitative estimate of drug-likeness (QED) is 0.807. The van der Waals surface area contributed by atoms with Crippen LogP contribution in [0.3, 0.4) is 0 Å². The zero-order valence-electron chi connectivity index (χ0n) is 12.6. The molecular formula is C17H23BrN2O. The monoisotopic (exact) mass is 350 g/mol. The first kappa shape index (κ1) is 16.3. The molecule has 2 aromatic rings. The Labute approximate surface area is 135 Å². The molecule has 0 bridgehead atoms. The van der Waals surface area contributed by atoms with Crippen LogP contribution in [0.15, 0.2) is 51.6 Å². The molecule has 2 atom stereocenters. The molecule has 0 amide bonds. The predicted molar refractivity (Wildman–Crippen MR) is 89.9 cm³/mol. The third kappa shape index (κ3) is 4.19. The van der Waals surface area contributed by atoms with Gasteiger partial charge in [-0.2, -0.15) is 0 Å². The summed E-state index contributed by atoms with van der Waals surface area (Å²) in [7, 11) is 0. The molecule has 2 unspecified atom stereocenters. The zero-order chi connectivity index (χ0) is 15.2. The maximum Gasteiger partial charge on any atom is 0.117 e. The van der Waals surface area contributed by atoms with Crippen molar-refractivity contribution in [2.45, 2.75) is 38.9 Å². The fraction of sp³-hybridized carbons (Fsp3) is 0.412. The minimum absolute atomic E-state index is 0.0982.